The fourth-order valence-electron chi connectivity index (χ4n) is 1.58. The Morgan fingerprint density at radius 2 is 2.12 bits per heavy atom. The van der Waals surface area contributed by atoms with Gasteiger partial charge < -0.3 is 10.2 Å². The van der Waals surface area contributed by atoms with Crippen molar-refractivity contribution in [3.63, 3.8) is 0 Å². The molecule has 0 amide bonds. The Labute approximate surface area is 100 Å². The molecule has 0 atom stereocenters. The number of nitrogens with two attached hydrogens (primary N) is 1. The molecule has 0 saturated heterocycles. The monoisotopic (exact) mass is 229 g/mol. The maximum atomic E-state index is 5.81. The summed E-state index contributed by atoms with van der Waals surface area (Å²) < 4.78 is 5.81. The molecule has 3 N–H and O–H groups in total. The van der Waals surface area contributed by atoms with Crippen molar-refractivity contribution in [2.24, 2.45) is 5.84 Å². The minimum Gasteiger partial charge on any atom is -0.457 e. The number of nitrogens with zero attached hydrogens (tertiary/aromatic N) is 1. The van der Waals surface area contributed by atoms with Gasteiger partial charge in [0, 0.05) is 12.3 Å². The van der Waals surface area contributed by atoms with Gasteiger partial charge in [0.2, 0.25) is 0 Å². The van der Waals surface area contributed by atoms with Gasteiger partial charge in [-0.1, -0.05) is 25.1 Å². The van der Waals surface area contributed by atoms with Gasteiger partial charge in [-0.25, -0.2) is 10.8 Å². The lowest BCUT2D eigenvalue weighted by Gasteiger charge is -2.10. The third-order valence-electron chi connectivity index (χ3n) is 2.46. The summed E-state index contributed by atoms with van der Waals surface area (Å²) in [5.74, 6) is 7.46. The molecule has 0 bridgehead atoms. The first kappa shape index (κ1) is 11.4. The SMILES string of the molecule is CCc1ccccc1Oc1ccnc(NN)c1. The molecule has 88 valence electrons. The summed E-state index contributed by atoms with van der Waals surface area (Å²) in [7, 11) is 0. The van der Waals surface area contributed by atoms with Crippen LogP contribution >= 0.6 is 0 Å². The fourth-order valence-corrected chi connectivity index (χ4v) is 1.58. The van der Waals surface area contributed by atoms with Crippen LogP contribution in [0.5, 0.6) is 11.5 Å². The number of benzene rings is 1. The molecule has 0 aliphatic carbocycles. The Bertz CT molecular complexity index is 500. The molecule has 0 fully saturated rings. The first-order valence-electron chi connectivity index (χ1n) is 5.52. The highest BCUT2D eigenvalue weighted by Gasteiger charge is 2.03. The van der Waals surface area contributed by atoms with Crippen molar-refractivity contribution in [2.45, 2.75) is 13.3 Å². The van der Waals surface area contributed by atoms with E-state index in [0.717, 1.165) is 12.2 Å². The highest BCUT2D eigenvalue weighted by Crippen LogP contribution is 2.26. The molecule has 1 aromatic heterocycles. The highest BCUT2D eigenvalue weighted by atomic mass is 16.5. The van der Waals surface area contributed by atoms with Crippen LogP contribution in [0, 0.1) is 0 Å². The Kier molecular flexibility index (Phi) is 3.57. The lowest BCUT2D eigenvalue weighted by atomic mass is 10.1. The molecule has 4 nitrogen and oxygen atoms in total. The second-order valence-corrected chi connectivity index (χ2v) is 3.58. The number of nitrogens with one attached hydrogen (secondary N) is 1. The second kappa shape index (κ2) is 5.32. The van der Waals surface area contributed by atoms with Crippen LogP contribution in [0.1, 0.15) is 12.5 Å². The zero-order valence-corrected chi connectivity index (χ0v) is 9.68. The van der Waals surface area contributed by atoms with Gasteiger partial charge in [-0.05, 0) is 24.1 Å². The normalized spacial score (nSPS) is 10.0. The van der Waals surface area contributed by atoms with Crippen LogP contribution in [-0.2, 0) is 6.42 Å². The lowest BCUT2D eigenvalue weighted by molar-refractivity contribution is 0.476. The van der Waals surface area contributed by atoms with Crippen LogP contribution in [-0.4, -0.2) is 4.98 Å². The van der Waals surface area contributed by atoms with Crippen LogP contribution in [0.25, 0.3) is 0 Å². The maximum Gasteiger partial charge on any atom is 0.143 e. The predicted octanol–water partition coefficient (Wildman–Crippen LogP) is 2.72. The van der Waals surface area contributed by atoms with E-state index in [9.17, 15) is 0 Å². The summed E-state index contributed by atoms with van der Waals surface area (Å²) >= 11 is 0. The summed E-state index contributed by atoms with van der Waals surface area (Å²) in [6.07, 6.45) is 2.59. The zero-order valence-electron chi connectivity index (χ0n) is 9.68. The topological polar surface area (TPSA) is 60.2 Å². The summed E-state index contributed by atoms with van der Waals surface area (Å²) in [5.41, 5.74) is 3.66. The lowest BCUT2D eigenvalue weighted by Crippen LogP contribution is -2.08. The Balaban J connectivity index is 2.24. The van der Waals surface area contributed by atoms with E-state index in [0.29, 0.717) is 11.6 Å². The standard InChI is InChI=1S/C13H15N3O/c1-2-10-5-3-4-6-12(10)17-11-7-8-15-13(9-11)16-14/h3-9H,2,14H2,1H3,(H,15,16). The molecule has 1 aromatic carbocycles. The molecular formula is C13H15N3O. The minimum absolute atomic E-state index is 0.580. The van der Waals surface area contributed by atoms with Gasteiger partial charge in [0.1, 0.15) is 17.3 Å². The van der Waals surface area contributed by atoms with Crippen molar-refractivity contribution in [2.75, 3.05) is 5.43 Å². The van der Waals surface area contributed by atoms with Crippen LogP contribution in [0.2, 0.25) is 0 Å². The molecule has 17 heavy (non-hydrogen) atoms. The first-order chi connectivity index (χ1) is 8.33. The number of ether oxygens (including phenoxy) is 1. The van der Waals surface area contributed by atoms with Crippen molar-refractivity contribution in [1.82, 2.24) is 4.98 Å². The summed E-state index contributed by atoms with van der Waals surface area (Å²) in [4.78, 5) is 4.03. The largest absolute Gasteiger partial charge is 0.457 e. The molecule has 0 unspecified atom stereocenters. The van der Waals surface area contributed by atoms with Gasteiger partial charge in [0.15, 0.2) is 0 Å². The number of hydrogen-bond donors (Lipinski definition) is 2. The minimum atomic E-state index is 0.580. The van der Waals surface area contributed by atoms with Crippen molar-refractivity contribution < 1.29 is 4.74 Å². The number of aryl methyl sites for hydroxylation is 1. The summed E-state index contributed by atoms with van der Waals surface area (Å²) in [6, 6.07) is 11.5. The fraction of sp³-hybridized carbons (Fsp3) is 0.154. The van der Waals surface area contributed by atoms with Crippen LogP contribution in [0.15, 0.2) is 42.6 Å². The number of hydrazine groups is 1. The third kappa shape index (κ3) is 2.73. The molecule has 0 spiro atoms. The van der Waals surface area contributed by atoms with Gasteiger partial charge in [-0.3, -0.25) is 0 Å². The van der Waals surface area contributed by atoms with E-state index in [2.05, 4.69) is 23.4 Å². The first-order valence-corrected chi connectivity index (χ1v) is 5.52. The number of nitrogen functional groups attached to an aromatic ring is 1. The quantitative estimate of drug-likeness (QED) is 0.625. The smallest absolute Gasteiger partial charge is 0.143 e. The average molecular weight is 229 g/mol. The Morgan fingerprint density at radius 1 is 1.29 bits per heavy atom. The number of pyridine rings is 1. The van der Waals surface area contributed by atoms with Crippen LogP contribution in [0.3, 0.4) is 0 Å². The Morgan fingerprint density at radius 3 is 2.88 bits per heavy atom. The van der Waals surface area contributed by atoms with E-state index in [1.807, 2.05) is 18.2 Å². The highest BCUT2D eigenvalue weighted by molar-refractivity contribution is 5.43. The number of hydrogen-bond acceptors (Lipinski definition) is 4. The number of anilines is 1. The second-order valence-electron chi connectivity index (χ2n) is 3.58. The maximum absolute atomic E-state index is 5.81. The van der Waals surface area contributed by atoms with Crippen LogP contribution < -0.4 is 16.0 Å². The van der Waals surface area contributed by atoms with Gasteiger partial charge in [0.05, 0.1) is 0 Å². The molecule has 1 heterocycles. The molecule has 0 aliphatic heterocycles. The molecule has 2 rings (SSSR count). The van der Waals surface area contributed by atoms with Gasteiger partial charge in [0.25, 0.3) is 0 Å². The van der Waals surface area contributed by atoms with E-state index in [4.69, 9.17) is 10.6 Å². The number of rotatable bonds is 4. The van der Waals surface area contributed by atoms with Crippen molar-refractivity contribution >= 4 is 5.82 Å². The summed E-state index contributed by atoms with van der Waals surface area (Å²) in [6.45, 7) is 2.10. The van der Waals surface area contributed by atoms with Crippen molar-refractivity contribution in [3.05, 3.63) is 48.2 Å². The van der Waals surface area contributed by atoms with E-state index >= 15 is 0 Å². The number of aromatic nitrogens is 1. The van der Waals surface area contributed by atoms with Gasteiger partial charge in [-0.2, -0.15) is 0 Å². The molecule has 4 heteroatoms. The van der Waals surface area contributed by atoms with E-state index < -0.39 is 0 Å². The molecule has 0 radical (unpaired) electrons. The molecule has 0 aliphatic rings. The van der Waals surface area contributed by atoms with E-state index in [1.54, 1.807) is 18.3 Å². The average Bonchev–Trinajstić information content (AvgIpc) is 2.39. The number of para-hydroxylation sites is 1. The molecular weight excluding hydrogens is 214 g/mol. The molecule has 2 aromatic rings. The van der Waals surface area contributed by atoms with Crippen LogP contribution in [0.4, 0.5) is 5.82 Å². The van der Waals surface area contributed by atoms with Gasteiger partial charge >= 0.3 is 0 Å². The van der Waals surface area contributed by atoms with Crippen molar-refractivity contribution in [3.8, 4) is 11.5 Å². The zero-order chi connectivity index (χ0) is 12.1. The Hall–Kier alpha value is -2.07. The molecule has 0 saturated carbocycles. The third-order valence-corrected chi connectivity index (χ3v) is 2.46. The summed E-state index contributed by atoms with van der Waals surface area (Å²) in [5, 5.41) is 0. The van der Waals surface area contributed by atoms with E-state index in [1.165, 1.54) is 5.56 Å². The van der Waals surface area contributed by atoms with Crippen molar-refractivity contribution in [1.29, 1.82) is 0 Å². The predicted molar refractivity (Wildman–Crippen MR) is 67.9 cm³/mol. The van der Waals surface area contributed by atoms with E-state index in [-0.39, 0.29) is 0 Å². The van der Waals surface area contributed by atoms with Gasteiger partial charge in [-0.15, -0.1) is 0 Å².